The molecule has 3 aromatic rings. The Kier molecular flexibility index (Phi) is 3.91. The second-order valence-electron chi connectivity index (χ2n) is 5.88. The minimum Gasteiger partial charge on any atom is -0.361 e. The molecular formula is C19H17FN4. The standard InChI is InChI=1S/C19H17FN4/c20-15-8-5-11-21-19(15)24-17-10-4-9-16-14(17)12-22-18(23-16)13-6-2-1-3-7-13/h1-3,5-8,11-12,17H,4,9-10H2,(H,21,24). The highest BCUT2D eigenvalue weighted by molar-refractivity contribution is 5.55. The number of hydrogen-bond donors (Lipinski definition) is 1. The van der Waals surface area contributed by atoms with Crippen LogP contribution in [0.1, 0.15) is 30.1 Å². The normalized spacial score (nSPS) is 16.5. The van der Waals surface area contributed by atoms with Crippen molar-refractivity contribution in [1.29, 1.82) is 0 Å². The van der Waals surface area contributed by atoms with Crippen molar-refractivity contribution in [3.05, 3.63) is 71.9 Å². The van der Waals surface area contributed by atoms with Crippen LogP contribution in [0.3, 0.4) is 0 Å². The summed E-state index contributed by atoms with van der Waals surface area (Å²) in [6.45, 7) is 0. The van der Waals surface area contributed by atoms with Gasteiger partial charge in [0.2, 0.25) is 0 Å². The molecule has 1 aliphatic rings. The Morgan fingerprint density at radius 2 is 1.92 bits per heavy atom. The van der Waals surface area contributed by atoms with Crippen LogP contribution < -0.4 is 5.32 Å². The topological polar surface area (TPSA) is 50.7 Å². The molecule has 24 heavy (non-hydrogen) atoms. The fraction of sp³-hybridized carbons (Fsp3) is 0.211. The Labute approximate surface area is 139 Å². The van der Waals surface area contributed by atoms with Crippen LogP contribution in [0.2, 0.25) is 0 Å². The van der Waals surface area contributed by atoms with Crippen molar-refractivity contribution < 1.29 is 4.39 Å². The molecule has 0 saturated carbocycles. The second kappa shape index (κ2) is 6.35. The molecule has 1 atom stereocenters. The van der Waals surface area contributed by atoms with E-state index in [4.69, 9.17) is 4.98 Å². The lowest BCUT2D eigenvalue weighted by Crippen LogP contribution is -2.20. The lowest BCUT2D eigenvalue weighted by molar-refractivity contribution is 0.571. The van der Waals surface area contributed by atoms with Crippen molar-refractivity contribution in [2.45, 2.75) is 25.3 Å². The van der Waals surface area contributed by atoms with E-state index in [1.165, 1.54) is 6.07 Å². The maximum absolute atomic E-state index is 13.8. The molecule has 0 amide bonds. The van der Waals surface area contributed by atoms with Gasteiger partial charge in [0.15, 0.2) is 17.5 Å². The molecule has 4 nitrogen and oxygen atoms in total. The van der Waals surface area contributed by atoms with E-state index in [-0.39, 0.29) is 17.7 Å². The summed E-state index contributed by atoms with van der Waals surface area (Å²) >= 11 is 0. The van der Waals surface area contributed by atoms with Gasteiger partial charge in [0, 0.05) is 29.2 Å². The van der Waals surface area contributed by atoms with Gasteiger partial charge in [-0.15, -0.1) is 0 Å². The van der Waals surface area contributed by atoms with Gasteiger partial charge in [-0.2, -0.15) is 0 Å². The third kappa shape index (κ3) is 2.85. The van der Waals surface area contributed by atoms with Crippen molar-refractivity contribution in [2.24, 2.45) is 0 Å². The van der Waals surface area contributed by atoms with Gasteiger partial charge in [0.25, 0.3) is 0 Å². The first-order valence-electron chi connectivity index (χ1n) is 8.09. The summed E-state index contributed by atoms with van der Waals surface area (Å²) in [6, 6.07) is 12.9. The number of hydrogen-bond acceptors (Lipinski definition) is 4. The summed E-state index contributed by atoms with van der Waals surface area (Å²) < 4.78 is 13.8. The molecule has 0 aliphatic heterocycles. The first-order valence-corrected chi connectivity index (χ1v) is 8.09. The average Bonchev–Trinajstić information content (AvgIpc) is 2.64. The number of nitrogens with one attached hydrogen (secondary N) is 1. The summed E-state index contributed by atoms with van der Waals surface area (Å²) in [5.41, 5.74) is 3.07. The monoisotopic (exact) mass is 320 g/mol. The summed E-state index contributed by atoms with van der Waals surface area (Å²) in [5.74, 6) is 0.674. The molecule has 0 spiro atoms. The van der Waals surface area contributed by atoms with E-state index < -0.39 is 0 Å². The van der Waals surface area contributed by atoms with Crippen LogP contribution in [-0.2, 0) is 6.42 Å². The number of nitrogens with zero attached hydrogens (tertiary/aromatic N) is 3. The predicted molar refractivity (Wildman–Crippen MR) is 91.0 cm³/mol. The van der Waals surface area contributed by atoms with Crippen LogP contribution in [0.25, 0.3) is 11.4 Å². The number of rotatable bonds is 3. The number of anilines is 1. The van der Waals surface area contributed by atoms with Crippen molar-refractivity contribution in [3.8, 4) is 11.4 Å². The van der Waals surface area contributed by atoms with Gasteiger partial charge >= 0.3 is 0 Å². The largest absolute Gasteiger partial charge is 0.361 e. The molecule has 5 heteroatoms. The number of pyridine rings is 1. The molecule has 2 heterocycles. The molecule has 0 fully saturated rings. The first-order chi connectivity index (χ1) is 11.8. The minimum atomic E-state index is -0.341. The third-order valence-electron chi connectivity index (χ3n) is 4.28. The van der Waals surface area contributed by atoms with Gasteiger partial charge in [-0.05, 0) is 31.4 Å². The zero-order chi connectivity index (χ0) is 16.4. The highest BCUT2D eigenvalue weighted by Gasteiger charge is 2.23. The Balaban J connectivity index is 1.65. The van der Waals surface area contributed by atoms with E-state index in [1.54, 1.807) is 12.3 Å². The van der Waals surface area contributed by atoms with Gasteiger partial charge in [-0.3, -0.25) is 0 Å². The summed E-state index contributed by atoms with van der Waals surface area (Å²) in [6.07, 6.45) is 6.29. The molecule has 0 bridgehead atoms. The van der Waals surface area contributed by atoms with Crippen LogP contribution in [0.5, 0.6) is 0 Å². The highest BCUT2D eigenvalue weighted by atomic mass is 19.1. The molecule has 0 saturated heterocycles. The van der Waals surface area contributed by atoms with Crippen molar-refractivity contribution in [1.82, 2.24) is 15.0 Å². The van der Waals surface area contributed by atoms with Gasteiger partial charge in [0.1, 0.15) is 0 Å². The second-order valence-corrected chi connectivity index (χ2v) is 5.88. The summed E-state index contributed by atoms with van der Waals surface area (Å²) in [7, 11) is 0. The number of fused-ring (bicyclic) bond motifs is 1. The van der Waals surface area contributed by atoms with Crippen LogP contribution in [0.15, 0.2) is 54.9 Å². The van der Waals surface area contributed by atoms with Crippen molar-refractivity contribution >= 4 is 5.82 Å². The summed E-state index contributed by atoms with van der Waals surface area (Å²) in [4.78, 5) is 13.3. The van der Waals surface area contributed by atoms with E-state index in [0.717, 1.165) is 41.9 Å². The maximum Gasteiger partial charge on any atom is 0.165 e. The predicted octanol–water partition coefficient (Wildman–Crippen LogP) is 4.17. The number of aryl methyl sites for hydroxylation is 1. The maximum atomic E-state index is 13.8. The van der Waals surface area contributed by atoms with Crippen LogP contribution in [0, 0.1) is 5.82 Å². The summed E-state index contributed by atoms with van der Waals surface area (Å²) in [5, 5.41) is 3.20. The lowest BCUT2D eigenvalue weighted by Gasteiger charge is -2.26. The van der Waals surface area contributed by atoms with Crippen LogP contribution in [-0.4, -0.2) is 15.0 Å². The van der Waals surface area contributed by atoms with Gasteiger partial charge < -0.3 is 5.32 Å². The molecule has 0 radical (unpaired) electrons. The zero-order valence-corrected chi connectivity index (χ0v) is 13.1. The number of benzene rings is 1. The average molecular weight is 320 g/mol. The highest BCUT2D eigenvalue weighted by Crippen LogP contribution is 2.32. The van der Waals surface area contributed by atoms with Gasteiger partial charge in [-0.25, -0.2) is 19.3 Å². The van der Waals surface area contributed by atoms with Gasteiger partial charge in [-0.1, -0.05) is 30.3 Å². The van der Waals surface area contributed by atoms with Gasteiger partial charge in [0.05, 0.1) is 6.04 Å². The minimum absolute atomic E-state index is 0.0111. The Bertz CT molecular complexity index is 851. The van der Waals surface area contributed by atoms with E-state index in [0.29, 0.717) is 0 Å². The third-order valence-corrected chi connectivity index (χ3v) is 4.28. The zero-order valence-electron chi connectivity index (χ0n) is 13.1. The SMILES string of the molecule is Fc1cccnc1NC1CCCc2nc(-c3ccccc3)ncc21. The molecular weight excluding hydrogens is 303 g/mol. The molecule has 2 aromatic heterocycles. The van der Waals surface area contributed by atoms with Crippen molar-refractivity contribution in [2.75, 3.05) is 5.32 Å². The number of halogens is 1. The van der Waals surface area contributed by atoms with E-state index >= 15 is 0 Å². The van der Waals surface area contributed by atoms with Crippen molar-refractivity contribution in [3.63, 3.8) is 0 Å². The molecule has 1 unspecified atom stereocenters. The number of aromatic nitrogens is 3. The molecule has 1 N–H and O–H groups in total. The molecule has 1 aliphatic carbocycles. The Hall–Kier alpha value is -2.82. The van der Waals surface area contributed by atoms with Crippen LogP contribution in [0.4, 0.5) is 10.2 Å². The first kappa shape index (κ1) is 14.8. The van der Waals surface area contributed by atoms with E-state index in [2.05, 4.69) is 15.3 Å². The molecule has 1 aromatic carbocycles. The van der Waals surface area contributed by atoms with E-state index in [9.17, 15) is 4.39 Å². The smallest absolute Gasteiger partial charge is 0.165 e. The van der Waals surface area contributed by atoms with Crippen LogP contribution >= 0.6 is 0 Å². The Morgan fingerprint density at radius 1 is 1.04 bits per heavy atom. The fourth-order valence-corrected chi connectivity index (χ4v) is 3.08. The lowest BCUT2D eigenvalue weighted by atomic mass is 9.92. The quantitative estimate of drug-likeness (QED) is 0.787. The van der Waals surface area contributed by atoms with E-state index in [1.807, 2.05) is 36.5 Å². The fourth-order valence-electron chi connectivity index (χ4n) is 3.08. The molecule has 4 rings (SSSR count). The molecule has 120 valence electrons. The Morgan fingerprint density at radius 3 is 2.75 bits per heavy atom.